The molecule has 2 aliphatic heterocycles. The zero-order valence-electron chi connectivity index (χ0n) is 15.5. The van der Waals surface area contributed by atoms with Gasteiger partial charge in [0.2, 0.25) is 0 Å². The fraction of sp³-hybridized carbons (Fsp3) is 0.333. The van der Waals surface area contributed by atoms with Gasteiger partial charge in [-0.15, -0.1) is 11.8 Å². The van der Waals surface area contributed by atoms with Crippen LogP contribution in [0.4, 0.5) is 4.39 Å². The lowest BCUT2D eigenvalue weighted by atomic mass is 9.92. The number of aromatic nitrogens is 2. The molecule has 5 rings (SSSR count). The number of aryl methyl sites for hydroxylation is 1. The lowest BCUT2D eigenvalue weighted by molar-refractivity contribution is 0.0516. The number of thioether (sulfide) groups is 1. The average molecular weight is 397 g/mol. The molecule has 0 aliphatic carbocycles. The summed E-state index contributed by atoms with van der Waals surface area (Å²) in [5.74, 6) is 0.484. The first-order valence-electron chi connectivity index (χ1n) is 9.29. The summed E-state index contributed by atoms with van der Waals surface area (Å²) in [5, 5.41) is 0.988. The molecule has 5 nitrogen and oxygen atoms in total. The van der Waals surface area contributed by atoms with E-state index in [1.54, 1.807) is 6.07 Å². The van der Waals surface area contributed by atoms with Crippen LogP contribution >= 0.6 is 11.8 Å². The van der Waals surface area contributed by atoms with Crippen molar-refractivity contribution in [1.29, 1.82) is 0 Å². The van der Waals surface area contributed by atoms with Crippen LogP contribution in [0.1, 0.15) is 16.8 Å². The summed E-state index contributed by atoms with van der Waals surface area (Å²) in [6.45, 7) is 1.40. The van der Waals surface area contributed by atoms with E-state index in [1.165, 1.54) is 12.3 Å². The Balaban J connectivity index is 1.26. The minimum atomic E-state index is -0.435. The molecule has 2 aliphatic rings. The van der Waals surface area contributed by atoms with Gasteiger partial charge < -0.3 is 14.2 Å². The van der Waals surface area contributed by atoms with Crippen molar-refractivity contribution in [2.24, 2.45) is 7.05 Å². The Morgan fingerprint density at radius 3 is 2.93 bits per heavy atom. The molecule has 3 aromatic rings. The first kappa shape index (κ1) is 17.6. The molecule has 1 aromatic carbocycles. The number of hydrogen-bond donors (Lipinski definition) is 0. The van der Waals surface area contributed by atoms with Crippen molar-refractivity contribution < 1.29 is 13.9 Å². The van der Waals surface area contributed by atoms with Gasteiger partial charge in [0.1, 0.15) is 6.10 Å². The highest BCUT2D eigenvalue weighted by molar-refractivity contribution is 8.01. The zero-order valence-corrected chi connectivity index (χ0v) is 16.3. The molecule has 1 amide bonds. The average Bonchev–Trinajstić information content (AvgIpc) is 3.24. The summed E-state index contributed by atoms with van der Waals surface area (Å²) in [6.07, 6.45) is 4.16. The lowest BCUT2D eigenvalue weighted by Gasteiger charge is -2.47. The number of amides is 1. The fourth-order valence-electron chi connectivity index (χ4n) is 4.19. The van der Waals surface area contributed by atoms with Crippen LogP contribution in [0.5, 0.6) is 5.88 Å². The van der Waals surface area contributed by atoms with E-state index in [4.69, 9.17) is 4.74 Å². The number of carbonyl (C=O) groups is 1. The number of likely N-dealkylation sites (tertiary alicyclic amines) is 1. The number of carbonyl (C=O) groups excluding carboxylic acids is 1. The molecular weight excluding hydrogens is 377 g/mol. The number of fused-ring (bicyclic) bond motifs is 1. The van der Waals surface area contributed by atoms with E-state index in [-0.39, 0.29) is 22.6 Å². The molecule has 2 aromatic heterocycles. The highest BCUT2D eigenvalue weighted by atomic mass is 32.2. The van der Waals surface area contributed by atoms with Gasteiger partial charge in [-0.3, -0.25) is 4.79 Å². The number of benzene rings is 1. The highest BCUT2D eigenvalue weighted by Crippen LogP contribution is 2.46. The predicted molar refractivity (Wildman–Crippen MR) is 107 cm³/mol. The molecule has 1 spiro atoms. The highest BCUT2D eigenvalue weighted by Gasteiger charge is 2.51. The van der Waals surface area contributed by atoms with Crippen molar-refractivity contribution in [3.63, 3.8) is 0 Å². The molecule has 2 saturated heterocycles. The quantitative estimate of drug-likeness (QED) is 0.679. The minimum Gasteiger partial charge on any atom is -0.471 e. The van der Waals surface area contributed by atoms with Gasteiger partial charge in [0.15, 0.2) is 5.82 Å². The largest absolute Gasteiger partial charge is 0.471 e. The molecule has 1 atom stereocenters. The predicted octanol–water partition coefficient (Wildman–Crippen LogP) is 3.49. The maximum atomic E-state index is 13.8. The molecule has 4 heterocycles. The maximum absolute atomic E-state index is 13.8. The number of halogens is 1. The van der Waals surface area contributed by atoms with Crippen molar-refractivity contribution in [2.75, 3.05) is 18.8 Å². The summed E-state index contributed by atoms with van der Waals surface area (Å²) in [4.78, 5) is 18.9. The van der Waals surface area contributed by atoms with Crippen molar-refractivity contribution in [3.8, 4) is 5.88 Å². The van der Waals surface area contributed by atoms with Gasteiger partial charge in [-0.25, -0.2) is 9.37 Å². The number of nitrogens with zero attached hydrogens (tertiary/aromatic N) is 3. The molecule has 28 heavy (non-hydrogen) atoms. The van der Waals surface area contributed by atoms with Gasteiger partial charge in [0.05, 0.1) is 10.3 Å². The van der Waals surface area contributed by atoms with Crippen LogP contribution in [0.3, 0.4) is 0 Å². The molecule has 2 fully saturated rings. The molecule has 144 valence electrons. The van der Waals surface area contributed by atoms with Crippen LogP contribution in [0.25, 0.3) is 10.9 Å². The van der Waals surface area contributed by atoms with Crippen molar-refractivity contribution in [1.82, 2.24) is 14.5 Å². The zero-order chi connectivity index (χ0) is 19.3. The topological polar surface area (TPSA) is 47.4 Å². The van der Waals surface area contributed by atoms with Crippen molar-refractivity contribution in [3.05, 3.63) is 60.2 Å². The summed E-state index contributed by atoms with van der Waals surface area (Å²) < 4.78 is 21.5. The normalized spacial score (nSPS) is 20.5. The van der Waals surface area contributed by atoms with Gasteiger partial charge in [-0.2, -0.15) is 0 Å². The second-order valence-electron chi connectivity index (χ2n) is 7.56. The monoisotopic (exact) mass is 397 g/mol. The van der Waals surface area contributed by atoms with Crippen LogP contribution in [0, 0.1) is 5.82 Å². The van der Waals surface area contributed by atoms with E-state index in [0.717, 1.165) is 28.6 Å². The summed E-state index contributed by atoms with van der Waals surface area (Å²) in [7, 11) is 1.96. The van der Waals surface area contributed by atoms with Crippen LogP contribution in [-0.2, 0) is 7.05 Å². The van der Waals surface area contributed by atoms with E-state index in [9.17, 15) is 9.18 Å². The van der Waals surface area contributed by atoms with Crippen LogP contribution in [-0.4, -0.2) is 50.1 Å². The van der Waals surface area contributed by atoms with Gasteiger partial charge in [-0.05, 0) is 18.2 Å². The van der Waals surface area contributed by atoms with Crippen LogP contribution in [0.2, 0.25) is 0 Å². The number of rotatable bonds is 3. The van der Waals surface area contributed by atoms with Gasteiger partial charge >= 0.3 is 0 Å². The summed E-state index contributed by atoms with van der Waals surface area (Å²) in [5.41, 5.74) is 1.81. The standard InChI is InChI=1S/C21H20FN3O2S/c1-24-10-16(15-5-2-3-7-18(15)24)20(26)25-12-21(13-25)9-14(11-28-21)27-19-17(22)6-4-8-23-19/h2-8,10,14H,9,11-13H2,1H3/t14-/m1/s1. The first-order chi connectivity index (χ1) is 13.5. The molecule has 0 unspecified atom stereocenters. The fourth-order valence-corrected chi connectivity index (χ4v) is 5.71. The Kier molecular flexibility index (Phi) is 4.08. The number of hydrogen-bond acceptors (Lipinski definition) is 4. The van der Waals surface area contributed by atoms with E-state index in [2.05, 4.69) is 4.98 Å². The third kappa shape index (κ3) is 2.85. The Morgan fingerprint density at radius 1 is 1.29 bits per heavy atom. The molecule has 0 radical (unpaired) electrons. The number of pyridine rings is 1. The molecule has 0 bridgehead atoms. The van der Waals surface area contributed by atoms with E-state index < -0.39 is 5.82 Å². The minimum absolute atomic E-state index is 0.0101. The lowest BCUT2D eigenvalue weighted by Crippen LogP contribution is -2.60. The van der Waals surface area contributed by atoms with Crippen molar-refractivity contribution in [2.45, 2.75) is 17.3 Å². The van der Waals surface area contributed by atoms with Crippen LogP contribution < -0.4 is 4.74 Å². The van der Waals surface area contributed by atoms with Crippen molar-refractivity contribution >= 4 is 28.6 Å². The Hall–Kier alpha value is -2.54. The Bertz CT molecular complexity index is 1060. The van der Waals surface area contributed by atoms with Gasteiger partial charge in [0, 0.05) is 55.6 Å². The van der Waals surface area contributed by atoms with Crippen LogP contribution in [0.15, 0.2) is 48.8 Å². The SMILES string of the molecule is Cn1cc(C(=O)N2CC3(C[C@@H](Oc4ncccc4F)CS3)C2)c2ccccc21. The molecule has 0 saturated carbocycles. The van der Waals surface area contributed by atoms with Gasteiger partial charge in [-0.1, -0.05) is 18.2 Å². The summed E-state index contributed by atoms with van der Waals surface area (Å²) >= 11 is 1.82. The third-order valence-corrected chi connectivity index (χ3v) is 7.13. The van der Waals surface area contributed by atoms with E-state index in [0.29, 0.717) is 13.1 Å². The maximum Gasteiger partial charge on any atom is 0.256 e. The first-order valence-corrected chi connectivity index (χ1v) is 10.3. The van der Waals surface area contributed by atoms with E-state index >= 15 is 0 Å². The second kappa shape index (κ2) is 6.51. The third-order valence-electron chi connectivity index (χ3n) is 5.55. The molecule has 0 N–H and O–H groups in total. The Labute approximate surface area is 166 Å². The van der Waals surface area contributed by atoms with Gasteiger partial charge in [0.25, 0.3) is 11.8 Å². The molecular formula is C21H20FN3O2S. The number of ether oxygens (including phenoxy) is 1. The smallest absolute Gasteiger partial charge is 0.256 e. The second-order valence-corrected chi connectivity index (χ2v) is 9.05. The Morgan fingerprint density at radius 2 is 2.11 bits per heavy atom. The molecule has 7 heteroatoms. The van der Waals surface area contributed by atoms with E-state index in [1.807, 2.05) is 58.7 Å². The number of para-hydroxylation sites is 1. The summed E-state index contributed by atoms with van der Waals surface area (Å²) in [6, 6.07) is 10.9.